The van der Waals surface area contributed by atoms with Crippen LogP contribution in [0.15, 0.2) is 16.5 Å². The van der Waals surface area contributed by atoms with E-state index in [-0.39, 0.29) is 41.8 Å². The van der Waals surface area contributed by atoms with E-state index in [4.69, 9.17) is 13.9 Å². The van der Waals surface area contributed by atoms with Gasteiger partial charge in [-0.25, -0.2) is 8.78 Å². The van der Waals surface area contributed by atoms with Gasteiger partial charge < -0.3 is 13.9 Å². The number of fused-ring (bicyclic) bond motifs is 3. The first-order chi connectivity index (χ1) is 16.4. The lowest BCUT2D eigenvalue weighted by molar-refractivity contribution is 0.173. The van der Waals surface area contributed by atoms with Crippen molar-refractivity contribution in [3.8, 4) is 11.5 Å². The van der Waals surface area contributed by atoms with Crippen molar-refractivity contribution in [3.05, 3.63) is 35.4 Å². The van der Waals surface area contributed by atoms with Gasteiger partial charge in [0.25, 0.3) is 0 Å². The molecule has 34 heavy (non-hydrogen) atoms. The summed E-state index contributed by atoms with van der Waals surface area (Å²) >= 11 is 0. The van der Waals surface area contributed by atoms with Gasteiger partial charge in [0.15, 0.2) is 23.1 Å². The predicted octanol–water partition coefficient (Wildman–Crippen LogP) is 8.70. The van der Waals surface area contributed by atoms with E-state index in [9.17, 15) is 17.6 Å². The van der Waals surface area contributed by atoms with Gasteiger partial charge in [-0.2, -0.15) is 8.78 Å². The molecular formula is C27H32F4O3. The Balaban J connectivity index is 1.57. The molecule has 3 nitrogen and oxygen atoms in total. The SMILES string of the molecule is CCCCCOc1cc2oc3cc(OCC4CCC(CCC)CC4)c(F)c(F)c3c2c(F)c1F. The van der Waals surface area contributed by atoms with Crippen LogP contribution >= 0.6 is 0 Å². The molecule has 3 aromatic rings. The van der Waals surface area contributed by atoms with Gasteiger partial charge in [-0.15, -0.1) is 0 Å². The third-order valence-electron chi connectivity index (χ3n) is 6.89. The summed E-state index contributed by atoms with van der Waals surface area (Å²) in [4.78, 5) is 0. The van der Waals surface area contributed by atoms with Crippen molar-refractivity contribution in [2.45, 2.75) is 71.6 Å². The van der Waals surface area contributed by atoms with Gasteiger partial charge in [-0.05, 0) is 31.1 Å². The zero-order chi connectivity index (χ0) is 24.2. The van der Waals surface area contributed by atoms with Crippen molar-refractivity contribution in [1.29, 1.82) is 0 Å². The predicted molar refractivity (Wildman–Crippen MR) is 124 cm³/mol. The van der Waals surface area contributed by atoms with Gasteiger partial charge in [-0.3, -0.25) is 0 Å². The summed E-state index contributed by atoms with van der Waals surface area (Å²) in [5.41, 5.74) is -0.207. The van der Waals surface area contributed by atoms with Crippen molar-refractivity contribution in [2.75, 3.05) is 13.2 Å². The van der Waals surface area contributed by atoms with E-state index in [1.165, 1.54) is 25.0 Å². The van der Waals surface area contributed by atoms with Crippen LogP contribution in [0.2, 0.25) is 0 Å². The largest absolute Gasteiger partial charge is 0.490 e. The Morgan fingerprint density at radius 3 is 1.85 bits per heavy atom. The number of rotatable bonds is 10. The summed E-state index contributed by atoms with van der Waals surface area (Å²) in [7, 11) is 0. The summed E-state index contributed by atoms with van der Waals surface area (Å²) in [6, 6.07) is 2.40. The molecular weight excluding hydrogens is 448 g/mol. The molecule has 0 spiro atoms. The monoisotopic (exact) mass is 480 g/mol. The Hall–Kier alpha value is -2.44. The molecule has 2 aromatic carbocycles. The molecule has 1 fully saturated rings. The van der Waals surface area contributed by atoms with Crippen LogP contribution in [-0.2, 0) is 0 Å². The highest BCUT2D eigenvalue weighted by Gasteiger charge is 2.27. The minimum absolute atomic E-state index is 0.100. The average molecular weight is 481 g/mol. The second-order valence-electron chi connectivity index (χ2n) is 9.40. The lowest BCUT2D eigenvalue weighted by Crippen LogP contribution is -2.20. The molecule has 0 saturated heterocycles. The highest BCUT2D eigenvalue weighted by molar-refractivity contribution is 6.06. The van der Waals surface area contributed by atoms with E-state index < -0.39 is 34.0 Å². The van der Waals surface area contributed by atoms with E-state index in [0.29, 0.717) is 6.42 Å². The zero-order valence-electron chi connectivity index (χ0n) is 19.8. The van der Waals surface area contributed by atoms with Crippen molar-refractivity contribution in [1.82, 2.24) is 0 Å². The molecule has 0 unspecified atom stereocenters. The number of unbranched alkanes of at least 4 members (excludes halogenated alkanes) is 2. The average Bonchev–Trinajstić information content (AvgIpc) is 3.20. The standard InChI is InChI=1S/C27H32F4O3/c1-3-5-6-12-32-20-13-18-22(26(30)24(20)28)23-19(34-18)14-21(25(29)27(23)31)33-15-17-10-8-16(7-4-2)9-11-17/h13-14,16-17H,3-12,15H2,1-2H3. The molecule has 1 aliphatic carbocycles. The van der Waals surface area contributed by atoms with Crippen LogP contribution in [0.3, 0.4) is 0 Å². The minimum Gasteiger partial charge on any atom is -0.490 e. The van der Waals surface area contributed by atoms with Crippen LogP contribution in [0.4, 0.5) is 17.6 Å². The van der Waals surface area contributed by atoms with Crippen LogP contribution in [0, 0.1) is 35.1 Å². The van der Waals surface area contributed by atoms with Gasteiger partial charge in [0, 0.05) is 12.1 Å². The minimum atomic E-state index is -1.32. The number of benzene rings is 2. The van der Waals surface area contributed by atoms with Crippen LogP contribution < -0.4 is 9.47 Å². The first kappa shape index (κ1) is 24.7. The van der Waals surface area contributed by atoms with Crippen molar-refractivity contribution in [3.63, 3.8) is 0 Å². The smallest absolute Gasteiger partial charge is 0.201 e. The molecule has 0 radical (unpaired) electrons. The molecule has 0 bridgehead atoms. The summed E-state index contributed by atoms with van der Waals surface area (Å²) in [6.45, 7) is 4.70. The number of ether oxygens (including phenoxy) is 2. The maximum Gasteiger partial charge on any atom is 0.201 e. The molecule has 0 aliphatic heterocycles. The third-order valence-corrected chi connectivity index (χ3v) is 6.89. The second-order valence-corrected chi connectivity index (χ2v) is 9.40. The Kier molecular flexibility index (Phi) is 7.89. The lowest BCUT2D eigenvalue weighted by atomic mass is 9.80. The molecule has 186 valence electrons. The fourth-order valence-corrected chi connectivity index (χ4v) is 4.95. The molecule has 1 saturated carbocycles. The molecule has 4 rings (SSSR count). The van der Waals surface area contributed by atoms with Gasteiger partial charge in [0.05, 0.1) is 24.0 Å². The molecule has 1 heterocycles. The van der Waals surface area contributed by atoms with Gasteiger partial charge in [0.2, 0.25) is 11.6 Å². The normalized spacial score (nSPS) is 18.6. The number of furan rings is 1. The first-order valence-electron chi connectivity index (χ1n) is 12.4. The van der Waals surface area contributed by atoms with Gasteiger partial charge >= 0.3 is 0 Å². The molecule has 1 aliphatic rings. The Morgan fingerprint density at radius 1 is 0.735 bits per heavy atom. The van der Waals surface area contributed by atoms with E-state index in [0.717, 1.165) is 44.4 Å². The highest BCUT2D eigenvalue weighted by atomic mass is 19.2. The number of halogens is 4. The van der Waals surface area contributed by atoms with Crippen LogP contribution in [0.25, 0.3) is 21.9 Å². The van der Waals surface area contributed by atoms with E-state index in [2.05, 4.69) is 6.92 Å². The zero-order valence-corrected chi connectivity index (χ0v) is 19.8. The lowest BCUT2D eigenvalue weighted by Gasteiger charge is -2.28. The van der Waals surface area contributed by atoms with Crippen molar-refractivity contribution < 1.29 is 31.5 Å². The molecule has 0 N–H and O–H groups in total. The van der Waals surface area contributed by atoms with E-state index in [1.54, 1.807) is 0 Å². The molecule has 0 atom stereocenters. The van der Waals surface area contributed by atoms with Gasteiger partial charge in [-0.1, -0.05) is 52.4 Å². The Bertz CT molecular complexity index is 1130. The summed E-state index contributed by atoms with van der Waals surface area (Å²) in [5, 5.41) is -0.875. The van der Waals surface area contributed by atoms with Crippen LogP contribution in [0.1, 0.15) is 71.6 Å². The fourth-order valence-electron chi connectivity index (χ4n) is 4.95. The number of hydrogen-bond acceptors (Lipinski definition) is 3. The second kappa shape index (κ2) is 10.9. The quantitative estimate of drug-likeness (QED) is 0.215. The van der Waals surface area contributed by atoms with E-state index >= 15 is 0 Å². The fraction of sp³-hybridized carbons (Fsp3) is 0.556. The first-order valence-corrected chi connectivity index (χ1v) is 12.4. The molecule has 0 amide bonds. The summed E-state index contributed by atoms with van der Waals surface area (Å²) < 4.78 is 75.8. The van der Waals surface area contributed by atoms with Crippen LogP contribution in [0.5, 0.6) is 11.5 Å². The van der Waals surface area contributed by atoms with Crippen molar-refractivity contribution in [2.24, 2.45) is 11.8 Å². The summed E-state index contributed by atoms with van der Waals surface area (Å²) in [5.74, 6) is -4.68. The Morgan fingerprint density at radius 2 is 1.29 bits per heavy atom. The van der Waals surface area contributed by atoms with E-state index in [1.807, 2.05) is 6.92 Å². The maximum atomic E-state index is 15.0. The highest BCUT2D eigenvalue weighted by Crippen LogP contribution is 2.40. The van der Waals surface area contributed by atoms with Crippen molar-refractivity contribution >= 4 is 21.9 Å². The van der Waals surface area contributed by atoms with Crippen LogP contribution in [-0.4, -0.2) is 13.2 Å². The molecule has 7 heteroatoms. The summed E-state index contributed by atoms with van der Waals surface area (Å²) in [6.07, 6.45) is 9.16. The Labute approximate surface area is 197 Å². The molecule has 1 aromatic heterocycles. The number of hydrogen-bond donors (Lipinski definition) is 0. The van der Waals surface area contributed by atoms with Gasteiger partial charge in [0.1, 0.15) is 11.2 Å². The topological polar surface area (TPSA) is 31.6 Å². The third kappa shape index (κ3) is 4.98. The maximum absolute atomic E-state index is 15.0.